The number of Topliss-reactive ketones (excluding diaryl/α,β-unsaturated/α-hetero) is 1. The van der Waals surface area contributed by atoms with Crippen LogP contribution in [0.25, 0.3) is 0 Å². The van der Waals surface area contributed by atoms with E-state index in [1.54, 1.807) is 0 Å². The molecule has 0 heterocycles. The van der Waals surface area contributed by atoms with Gasteiger partial charge in [0.15, 0.2) is 0 Å². The summed E-state index contributed by atoms with van der Waals surface area (Å²) < 4.78 is 0. The molecule has 8 saturated carbocycles. The van der Waals surface area contributed by atoms with Crippen molar-refractivity contribution in [1.29, 1.82) is 0 Å². The molecule has 6 heteroatoms. The Morgan fingerprint density at radius 3 is 1.40 bits per heavy atom. The summed E-state index contributed by atoms with van der Waals surface area (Å²) in [5.74, 6) is 8.13. The van der Waals surface area contributed by atoms with Gasteiger partial charge in [-0.15, -0.1) is 0 Å². The van der Waals surface area contributed by atoms with E-state index < -0.39 is 17.2 Å². The van der Waals surface area contributed by atoms with Crippen LogP contribution in [0.3, 0.4) is 0 Å². The second kappa shape index (κ2) is 20.6. The number of carboxylic acids is 1. The first kappa shape index (κ1) is 51.8. The van der Waals surface area contributed by atoms with E-state index in [1.165, 1.54) is 75.3 Å². The smallest absolute Gasteiger partial charge is 0.307 e. The Bertz CT molecular complexity index is 1860. The van der Waals surface area contributed by atoms with Crippen molar-refractivity contribution < 1.29 is 24.9 Å². The van der Waals surface area contributed by atoms with E-state index in [2.05, 4.69) is 58.0 Å². The minimum atomic E-state index is -0.559. The summed E-state index contributed by atoms with van der Waals surface area (Å²) in [6.07, 6.45) is 21.5. The molecule has 6 nitrogen and oxygen atoms in total. The number of rotatable bonds is 6. The Kier molecular flexibility index (Phi) is 16.4. The molecule has 0 bridgehead atoms. The average Bonchev–Trinajstić information content (AvgIpc) is 3.81. The third kappa shape index (κ3) is 10.6. The van der Waals surface area contributed by atoms with E-state index in [1.807, 2.05) is 44.2 Å². The molecule has 8 fully saturated rings. The molecular formula is C59H93NO5. The lowest BCUT2D eigenvalue weighted by Crippen LogP contribution is -2.51. The number of benzene rings is 2. The highest BCUT2D eigenvalue weighted by Crippen LogP contribution is 2.66. The normalized spacial score (nSPS) is 43.1. The molecule has 0 unspecified atom stereocenters. The van der Waals surface area contributed by atoms with Crippen molar-refractivity contribution in [2.24, 2.45) is 87.6 Å². The van der Waals surface area contributed by atoms with Crippen molar-refractivity contribution in [3.05, 3.63) is 71.8 Å². The lowest BCUT2D eigenvalue weighted by molar-refractivity contribution is -0.150. The number of carboxylic acid groups (broad SMARTS) is 1. The van der Waals surface area contributed by atoms with E-state index in [-0.39, 0.29) is 43.6 Å². The molecule has 10 rings (SSSR count). The van der Waals surface area contributed by atoms with Crippen LogP contribution in [-0.2, 0) is 9.59 Å². The van der Waals surface area contributed by atoms with Crippen LogP contribution in [0, 0.1) is 81.8 Å². The van der Waals surface area contributed by atoms with Gasteiger partial charge >= 0.3 is 5.97 Å². The van der Waals surface area contributed by atoms with E-state index in [0.29, 0.717) is 30.0 Å². The zero-order valence-electron chi connectivity index (χ0n) is 40.0. The van der Waals surface area contributed by atoms with Crippen LogP contribution in [0.4, 0.5) is 0 Å². The fraction of sp³-hybridized carbons (Fsp3) is 0.763. The van der Waals surface area contributed by atoms with Gasteiger partial charge in [0.2, 0.25) is 0 Å². The van der Waals surface area contributed by atoms with Crippen LogP contribution in [0.5, 0.6) is 0 Å². The standard InChI is InChI=1S/C29H42O2.C20H32O3.C8H11N.2CH4/c1-19(20-7-5-4-6-8-20)17-27(30)26-12-11-25-24-10-9-21-18-28(2,31)15-13-22(21)23(24)14-16-29(25,26)3;1-19(23)9-7-13-12(11-19)3-4-15-14(13)8-10-20(2)16(15)5-6-17(20)18(21)22;1-7(9)8-5-3-2-4-6-8;;/h4-8,19,21-26,31H,9-18H2,1-3H3;12-17,23H,3-11H2,1-2H3,(H,21,22);2-7H,9H2,1H3;2*1H4/t19-,21-,22+,23-,24-,25+,26-,28-,29+;12-,13+,14-,15-,16+,17-,19-,20+;7-;;/m110../s1. The van der Waals surface area contributed by atoms with Crippen molar-refractivity contribution in [2.45, 2.75) is 202 Å². The Labute approximate surface area is 396 Å². The highest BCUT2D eigenvalue weighted by atomic mass is 16.4. The predicted molar refractivity (Wildman–Crippen MR) is 267 cm³/mol. The van der Waals surface area contributed by atoms with Gasteiger partial charge in [0, 0.05) is 18.4 Å². The molecule has 364 valence electrons. The van der Waals surface area contributed by atoms with Crippen LogP contribution in [0.1, 0.15) is 201 Å². The number of fused-ring (bicyclic) bond motifs is 10. The number of hydrogen-bond donors (Lipinski definition) is 4. The summed E-state index contributed by atoms with van der Waals surface area (Å²) in [4.78, 5) is 25.2. The van der Waals surface area contributed by atoms with E-state index in [0.717, 1.165) is 98.7 Å². The van der Waals surface area contributed by atoms with Gasteiger partial charge < -0.3 is 21.1 Å². The largest absolute Gasteiger partial charge is 0.481 e. The Balaban J connectivity index is 0.000000181. The first-order chi connectivity index (χ1) is 29.9. The van der Waals surface area contributed by atoms with Crippen LogP contribution in [0.15, 0.2) is 60.7 Å². The maximum atomic E-state index is 13.5. The molecule has 0 amide bonds. The summed E-state index contributed by atoms with van der Waals surface area (Å²) in [7, 11) is 0. The molecular weight excluding hydrogens is 803 g/mol. The number of aliphatic carboxylic acids is 1. The molecule has 0 spiro atoms. The fourth-order valence-corrected chi connectivity index (χ4v) is 17.2. The summed E-state index contributed by atoms with van der Waals surface area (Å²) in [5, 5.41) is 30.7. The van der Waals surface area contributed by atoms with E-state index >= 15 is 0 Å². The molecule has 0 aromatic heterocycles. The number of nitrogens with two attached hydrogens (primary N) is 1. The third-order valence-corrected chi connectivity index (χ3v) is 20.4. The highest BCUT2D eigenvalue weighted by molar-refractivity contribution is 5.83. The third-order valence-electron chi connectivity index (χ3n) is 20.4. The van der Waals surface area contributed by atoms with Gasteiger partial charge in [0.05, 0.1) is 17.1 Å². The minimum absolute atomic E-state index is 0. The molecule has 0 saturated heterocycles. The highest BCUT2D eigenvalue weighted by Gasteiger charge is 2.60. The monoisotopic (exact) mass is 896 g/mol. The second-order valence-corrected chi connectivity index (χ2v) is 24.2. The molecule has 2 aromatic rings. The quantitative estimate of drug-likeness (QED) is 0.229. The summed E-state index contributed by atoms with van der Waals surface area (Å²) >= 11 is 0. The summed E-state index contributed by atoms with van der Waals surface area (Å²) in [5.41, 5.74) is 7.49. The van der Waals surface area contributed by atoms with Crippen molar-refractivity contribution in [3.8, 4) is 0 Å². The molecule has 8 aliphatic rings. The first-order valence-corrected chi connectivity index (χ1v) is 26.0. The van der Waals surface area contributed by atoms with Gasteiger partial charge in [0.25, 0.3) is 0 Å². The topological polar surface area (TPSA) is 121 Å². The number of carbonyl (C=O) groups is 2. The van der Waals surface area contributed by atoms with Gasteiger partial charge in [0.1, 0.15) is 5.78 Å². The maximum absolute atomic E-state index is 13.5. The Morgan fingerprint density at radius 2 is 0.969 bits per heavy atom. The number of ketones is 1. The van der Waals surface area contributed by atoms with Gasteiger partial charge in [-0.05, 0) is 223 Å². The zero-order chi connectivity index (χ0) is 44.9. The molecule has 0 aliphatic heterocycles. The van der Waals surface area contributed by atoms with Gasteiger partial charge in [-0.3, -0.25) is 9.59 Å². The van der Waals surface area contributed by atoms with Crippen molar-refractivity contribution in [3.63, 3.8) is 0 Å². The van der Waals surface area contributed by atoms with Crippen LogP contribution in [-0.4, -0.2) is 38.3 Å². The van der Waals surface area contributed by atoms with Crippen molar-refractivity contribution in [2.75, 3.05) is 0 Å². The van der Waals surface area contributed by atoms with Crippen LogP contribution in [0.2, 0.25) is 0 Å². The predicted octanol–water partition coefficient (Wildman–Crippen LogP) is 13.8. The SMILES string of the molecule is C.C.C[C@@]1(O)CC[C@H]2[C@H](CC[C@@H]3[C@@H]2CC[C@]2(C)[C@@H](C(=O)O)CC[C@@H]32)C1.C[C@H](CC(=O)[C@H]1CC[C@H]2[C@@H]3CC[C@@H]4C[C@](C)(O)CC[C@@H]4[C@H]3CC[C@]12C)c1ccccc1.C[C@H](N)c1ccccc1. The number of carbonyl (C=O) groups excluding carboxylic acids is 1. The van der Waals surface area contributed by atoms with Crippen LogP contribution < -0.4 is 5.73 Å². The maximum Gasteiger partial charge on any atom is 0.307 e. The fourth-order valence-electron chi connectivity index (χ4n) is 17.2. The van der Waals surface area contributed by atoms with Gasteiger partial charge in [-0.25, -0.2) is 0 Å². The Hall–Kier alpha value is -2.54. The lowest BCUT2D eigenvalue weighted by atomic mass is 9.49. The van der Waals surface area contributed by atoms with Crippen LogP contribution >= 0.6 is 0 Å². The average molecular weight is 896 g/mol. The first-order valence-electron chi connectivity index (χ1n) is 26.0. The minimum Gasteiger partial charge on any atom is -0.481 e. The van der Waals surface area contributed by atoms with E-state index in [4.69, 9.17) is 5.73 Å². The Morgan fingerprint density at radius 1 is 0.554 bits per heavy atom. The molecule has 0 radical (unpaired) electrons. The van der Waals surface area contributed by atoms with Gasteiger partial charge in [-0.2, -0.15) is 0 Å². The molecule has 18 atom stereocenters. The van der Waals surface area contributed by atoms with Crippen molar-refractivity contribution in [1.82, 2.24) is 0 Å². The molecule has 2 aromatic carbocycles. The number of hydrogen-bond acceptors (Lipinski definition) is 5. The molecule has 8 aliphatic carbocycles. The van der Waals surface area contributed by atoms with E-state index in [9.17, 15) is 24.9 Å². The van der Waals surface area contributed by atoms with Gasteiger partial charge in [-0.1, -0.05) is 96.3 Å². The lowest BCUT2D eigenvalue weighted by Gasteiger charge is -2.56. The number of aliphatic hydroxyl groups is 2. The summed E-state index contributed by atoms with van der Waals surface area (Å²) in [6.45, 7) is 13.0. The van der Waals surface area contributed by atoms with Crippen molar-refractivity contribution >= 4 is 11.8 Å². The zero-order valence-corrected chi connectivity index (χ0v) is 40.0. The summed E-state index contributed by atoms with van der Waals surface area (Å²) in [6, 6.07) is 20.8. The molecule has 5 N–H and O–H groups in total. The second-order valence-electron chi connectivity index (χ2n) is 24.2. The molecule has 65 heavy (non-hydrogen) atoms.